The molecule has 3 heterocycles. The lowest BCUT2D eigenvalue weighted by atomic mass is 9.95. The fraction of sp³-hybridized carbons (Fsp3) is 0. The Morgan fingerprint density at radius 3 is 1.84 bits per heavy atom. The first-order chi connectivity index (χ1) is 21.2. The zero-order valence-electron chi connectivity index (χ0n) is 22.7. The van der Waals surface area contributed by atoms with Crippen LogP contribution in [0, 0.1) is 22.7 Å². The summed E-state index contributed by atoms with van der Waals surface area (Å²) >= 11 is 1.74. The lowest BCUT2D eigenvalue weighted by molar-refractivity contribution is 1.37. The molecule has 43 heavy (non-hydrogen) atoms. The van der Waals surface area contributed by atoms with E-state index in [1.54, 1.807) is 17.4 Å². The summed E-state index contributed by atoms with van der Waals surface area (Å²) in [6.07, 6.45) is 0. The van der Waals surface area contributed by atoms with Crippen molar-refractivity contribution >= 4 is 53.3 Å². The fourth-order valence-electron chi connectivity index (χ4n) is 5.84. The Kier molecular flexibility index (Phi) is 5.72. The maximum absolute atomic E-state index is 9.58. The molecule has 0 aliphatic carbocycles. The SMILES string of the molecule is N#Cc1cc(C#N)cc(-c2cccc3sc4ccc(-c5ccc6ccc7ccc(-c8ccccc8)nc7c6n5)cc4c23)c1. The van der Waals surface area contributed by atoms with Gasteiger partial charge in [0, 0.05) is 42.1 Å². The molecule has 198 valence electrons. The maximum atomic E-state index is 9.58. The van der Waals surface area contributed by atoms with Crippen molar-refractivity contribution in [3.63, 3.8) is 0 Å². The number of nitrogens with zero attached hydrogens (tertiary/aromatic N) is 4. The zero-order valence-corrected chi connectivity index (χ0v) is 23.6. The smallest absolute Gasteiger partial charge is 0.0992 e. The third-order valence-electron chi connectivity index (χ3n) is 7.88. The Morgan fingerprint density at radius 2 is 1.16 bits per heavy atom. The monoisotopic (exact) mass is 564 g/mol. The highest BCUT2D eigenvalue weighted by Crippen LogP contribution is 2.42. The second kappa shape index (κ2) is 9.89. The summed E-state index contributed by atoms with van der Waals surface area (Å²) in [6.45, 7) is 0. The summed E-state index contributed by atoms with van der Waals surface area (Å²) in [5.74, 6) is 0. The van der Waals surface area contributed by atoms with Crippen molar-refractivity contribution < 1.29 is 0 Å². The van der Waals surface area contributed by atoms with Crippen molar-refractivity contribution in [1.82, 2.24) is 9.97 Å². The van der Waals surface area contributed by atoms with Gasteiger partial charge in [-0.1, -0.05) is 72.8 Å². The molecule has 5 aromatic carbocycles. The van der Waals surface area contributed by atoms with Gasteiger partial charge in [0.05, 0.1) is 45.7 Å². The van der Waals surface area contributed by atoms with Crippen molar-refractivity contribution in [3.8, 4) is 45.8 Å². The minimum absolute atomic E-state index is 0.475. The van der Waals surface area contributed by atoms with Crippen molar-refractivity contribution in [1.29, 1.82) is 10.5 Å². The van der Waals surface area contributed by atoms with Crippen LogP contribution in [0.1, 0.15) is 11.1 Å². The van der Waals surface area contributed by atoms with E-state index < -0.39 is 0 Å². The van der Waals surface area contributed by atoms with Gasteiger partial charge in [0.15, 0.2) is 0 Å². The van der Waals surface area contributed by atoms with E-state index in [1.165, 1.54) is 4.70 Å². The van der Waals surface area contributed by atoms with Gasteiger partial charge in [0.1, 0.15) is 0 Å². The van der Waals surface area contributed by atoms with Crippen LogP contribution >= 0.6 is 11.3 Å². The predicted octanol–water partition coefficient (Wildman–Crippen LogP) is 9.90. The second-order valence-corrected chi connectivity index (χ2v) is 11.6. The predicted molar refractivity (Wildman–Crippen MR) is 176 cm³/mol. The molecule has 0 N–H and O–H groups in total. The van der Waals surface area contributed by atoms with E-state index >= 15 is 0 Å². The number of aromatic nitrogens is 2. The summed E-state index contributed by atoms with van der Waals surface area (Å²) in [5.41, 5.74) is 8.47. The number of nitriles is 2. The number of pyridine rings is 2. The van der Waals surface area contributed by atoms with Crippen LogP contribution in [0.5, 0.6) is 0 Å². The molecule has 0 bridgehead atoms. The lowest BCUT2D eigenvalue weighted by Gasteiger charge is -2.09. The van der Waals surface area contributed by atoms with Crippen LogP contribution < -0.4 is 0 Å². The highest BCUT2D eigenvalue weighted by molar-refractivity contribution is 7.26. The number of fused-ring (bicyclic) bond motifs is 6. The largest absolute Gasteiger partial charge is 0.245 e. The van der Waals surface area contributed by atoms with Gasteiger partial charge in [-0.25, -0.2) is 9.97 Å². The highest BCUT2D eigenvalue weighted by Gasteiger charge is 2.15. The lowest BCUT2D eigenvalue weighted by Crippen LogP contribution is -1.91. The van der Waals surface area contributed by atoms with Crippen molar-refractivity contribution in [2.45, 2.75) is 0 Å². The summed E-state index contributed by atoms with van der Waals surface area (Å²) in [4.78, 5) is 10.2. The van der Waals surface area contributed by atoms with Crippen LogP contribution in [0.4, 0.5) is 0 Å². The molecule has 0 aliphatic heterocycles. The number of hydrogen-bond donors (Lipinski definition) is 0. The molecule has 0 atom stereocenters. The standard InChI is InChI=1S/C38H20N4S/c39-21-23-17-24(22-40)19-29(18-23)30-7-4-8-35-36(30)31-20-28(13-16-34(31)43-35)33-15-12-27-10-9-26-11-14-32(25-5-2-1-3-6-25)41-37(26)38(27)42-33/h1-20H. The van der Waals surface area contributed by atoms with Gasteiger partial charge in [-0.2, -0.15) is 10.5 Å². The minimum Gasteiger partial charge on any atom is -0.245 e. The van der Waals surface area contributed by atoms with Gasteiger partial charge in [0.2, 0.25) is 0 Å². The van der Waals surface area contributed by atoms with E-state index in [9.17, 15) is 10.5 Å². The molecule has 3 aromatic heterocycles. The third-order valence-corrected chi connectivity index (χ3v) is 9.02. The molecule has 0 saturated heterocycles. The Hall–Kier alpha value is -5.88. The van der Waals surface area contributed by atoms with Gasteiger partial charge < -0.3 is 0 Å². The summed E-state index contributed by atoms with van der Waals surface area (Å²) in [7, 11) is 0. The van der Waals surface area contributed by atoms with E-state index in [-0.39, 0.29) is 0 Å². The normalized spacial score (nSPS) is 11.2. The topological polar surface area (TPSA) is 73.4 Å². The van der Waals surface area contributed by atoms with Gasteiger partial charge in [0.25, 0.3) is 0 Å². The first kappa shape index (κ1) is 24.9. The van der Waals surface area contributed by atoms with E-state index in [2.05, 4.69) is 91.0 Å². The Morgan fingerprint density at radius 1 is 0.512 bits per heavy atom. The molecule has 8 aromatic rings. The van der Waals surface area contributed by atoms with Crippen LogP contribution in [0.15, 0.2) is 121 Å². The number of benzene rings is 5. The first-order valence-electron chi connectivity index (χ1n) is 13.9. The summed E-state index contributed by atoms with van der Waals surface area (Å²) < 4.78 is 2.32. The molecule has 5 heteroatoms. The minimum atomic E-state index is 0.475. The van der Waals surface area contributed by atoms with Gasteiger partial charge in [-0.3, -0.25) is 0 Å². The van der Waals surface area contributed by atoms with Crippen LogP contribution in [-0.2, 0) is 0 Å². The van der Waals surface area contributed by atoms with Crippen LogP contribution in [0.3, 0.4) is 0 Å². The quantitative estimate of drug-likeness (QED) is 0.200. The van der Waals surface area contributed by atoms with E-state index in [0.717, 1.165) is 70.9 Å². The molecule has 0 amide bonds. The molecule has 8 rings (SSSR count). The summed E-state index contributed by atoms with van der Waals surface area (Å²) in [5, 5.41) is 23.5. The zero-order chi connectivity index (χ0) is 28.9. The molecule has 0 spiro atoms. The molecule has 0 fully saturated rings. The van der Waals surface area contributed by atoms with Crippen LogP contribution in [-0.4, -0.2) is 9.97 Å². The number of thiophene rings is 1. The van der Waals surface area contributed by atoms with E-state index in [0.29, 0.717) is 11.1 Å². The van der Waals surface area contributed by atoms with Crippen LogP contribution in [0.25, 0.3) is 75.6 Å². The van der Waals surface area contributed by atoms with E-state index in [4.69, 9.17) is 9.97 Å². The third kappa shape index (κ3) is 4.19. The van der Waals surface area contributed by atoms with Crippen molar-refractivity contribution in [2.24, 2.45) is 0 Å². The van der Waals surface area contributed by atoms with E-state index in [1.807, 2.05) is 36.4 Å². The average Bonchev–Trinajstić information content (AvgIpc) is 3.46. The Bertz CT molecular complexity index is 2450. The summed E-state index contributed by atoms with van der Waals surface area (Å²) in [6, 6.07) is 45.2. The highest BCUT2D eigenvalue weighted by atomic mass is 32.1. The molecular weight excluding hydrogens is 545 g/mol. The van der Waals surface area contributed by atoms with Crippen molar-refractivity contribution in [2.75, 3.05) is 0 Å². The van der Waals surface area contributed by atoms with Crippen molar-refractivity contribution in [3.05, 3.63) is 132 Å². The molecular formula is C38H20N4S. The average molecular weight is 565 g/mol. The molecule has 0 radical (unpaired) electrons. The maximum Gasteiger partial charge on any atom is 0.0992 e. The van der Waals surface area contributed by atoms with Gasteiger partial charge in [-0.05, 0) is 59.7 Å². The molecule has 0 saturated carbocycles. The Balaban J connectivity index is 1.32. The van der Waals surface area contributed by atoms with Crippen LogP contribution in [0.2, 0.25) is 0 Å². The number of rotatable bonds is 3. The number of hydrogen-bond acceptors (Lipinski definition) is 5. The fourth-order valence-corrected chi connectivity index (χ4v) is 6.95. The Labute approximate surface area is 251 Å². The molecule has 0 unspecified atom stereocenters. The second-order valence-electron chi connectivity index (χ2n) is 10.5. The first-order valence-corrected chi connectivity index (χ1v) is 14.7. The molecule has 0 aliphatic rings. The van der Waals surface area contributed by atoms with Gasteiger partial charge in [-0.15, -0.1) is 11.3 Å². The molecule has 4 nitrogen and oxygen atoms in total. The van der Waals surface area contributed by atoms with Gasteiger partial charge >= 0.3 is 0 Å².